The molecule has 0 spiro atoms. The van der Waals surface area contributed by atoms with Gasteiger partial charge in [-0.25, -0.2) is 0 Å². The highest BCUT2D eigenvalue weighted by Gasteiger charge is 2.23. The number of rotatable bonds is 3. The van der Waals surface area contributed by atoms with Crippen LogP contribution in [0.3, 0.4) is 0 Å². The zero-order valence-corrected chi connectivity index (χ0v) is 13.1. The molecule has 1 atom stereocenters. The second kappa shape index (κ2) is 6.75. The van der Waals surface area contributed by atoms with Crippen molar-refractivity contribution in [2.75, 3.05) is 19.6 Å². The molecule has 0 saturated carbocycles. The summed E-state index contributed by atoms with van der Waals surface area (Å²) in [4.78, 5) is 6.56. The zero-order chi connectivity index (χ0) is 14.7. The predicted octanol–water partition coefficient (Wildman–Crippen LogP) is 3.53. The van der Waals surface area contributed by atoms with Gasteiger partial charge in [-0.2, -0.15) is 0 Å². The van der Waals surface area contributed by atoms with Crippen molar-refractivity contribution in [1.29, 1.82) is 0 Å². The summed E-state index contributed by atoms with van der Waals surface area (Å²) in [5.41, 5.74) is 2.47. The summed E-state index contributed by atoms with van der Waals surface area (Å²) in [6.45, 7) is 3.83. The molecular formula is C16H17Cl2N3. The Labute approximate surface area is 134 Å². The summed E-state index contributed by atoms with van der Waals surface area (Å²) in [6.07, 6.45) is 3.70. The van der Waals surface area contributed by atoms with Crippen molar-refractivity contribution in [3.63, 3.8) is 0 Å². The lowest BCUT2D eigenvalue weighted by molar-refractivity contribution is 0.153. The van der Waals surface area contributed by atoms with Crippen molar-refractivity contribution in [3.8, 4) is 0 Å². The summed E-state index contributed by atoms with van der Waals surface area (Å²) in [7, 11) is 0. The van der Waals surface area contributed by atoms with E-state index in [4.69, 9.17) is 23.2 Å². The first-order valence-corrected chi connectivity index (χ1v) is 7.78. The first-order valence-electron chi connectivity index (χ1n) is 7.02. The highest BCUT2D eigenvalue weighted by Crippen LogP contribution is 2.27. The largest absolute Gasteiger partial charge is 0.314 e. The second-order valence-electron chi connectivity index (χ2n) is 5.22. The molecule has 3 rings (SSSR count). The van der Waals surface area contributed by atoms with E-state index < -0.39 is 0 Å². The number of aromatic nitrogens is 1. The van der Waals surface area contributed by atoms with E-state index in [-0.39, 0.29) is 0 Å². The van der Waals surface area contributed by atoms with Gasteiger partial charge in [0.2, 0.25) is 0 Å². The van der Waals surface area contributed by atoms with Crippen LogP contribution in [0.5, 0.6) is 0 Å². The van der Waals surface area contributed by atoms with Crippen LogP contribution in [0, 0.1) is 0 Å². The van der Waals surface area contributed by atoms with Gasteiger partial charge in [-0.05, 0) is 35.4 Å². The van der Waals surface area contributed by atoms with Crippen molar-refractivity contribution in [2.24, 2.45) is 0 Å². The minimum Gasteiger partial charge on any atom is -0.314 e. The van der Waals surface area contributed by atoms with Crippen LogP contribution >= 0.6 is 23.2 Å². The normalized spacial score (nSPS) is 19.6. The molecule has 3 nitrogen and oxygen atoms in total. The van der Waals surface area contributed by atoms with Crippen LogP contribution < -0.4 is 5.32 Å². The van der Waals surface area contributed by atoms with E-state index in [0.717, 1.165) is 26.2 Å². The van der Waals surface area contributed by atoms with Crippen LogP contribution in [0.4, 0.5) is 0 Å². The molecule has 0 aliphatic carbocycles. The molecule has 1 unspecified atom stereocenters. The fourth-order valence-electron chi connectivity index (χ4n) is 2.72. The van der Waals surface area contributed by atoms with Gasteiger partial charge in [0.15, 0.2) is 0 Å². The highest BCUT2D eigenvalue weighted by molar-refractivity contribution is 6.42. The Morgan fingerprint density at radius 1 is 1.14 bits per heavy atom. The van der Waals surface area contributed by atoms with Gasteiger partial charge in [0.1, 0.15) is 0 Å². The summed E-state index contributed by atoms with van der Waals surface area (Å²) >= 11 is 12.1. The van der Waals surface area contributed by atoms with Crippen LogP contribution in [-0.4, -0.2) is 29.5 Å². The maximum Gasteiger partial charge on any atom is 0.0595 e. The molecule has 5 heteroatoms. The molecule has 1 fully saturated rings. The van der Waals surface area contributed by atoms with Crippen molar-refractivity contribution in [1.82, 2.24) is 15.2 Å². The number of pyridine rings is 1. The Morgan fingerprint density at radius 3 is 2.71 bits per heavy atom. The number of hydrogen-bond acceptors (Lipinski definition) is 3. The Bertz CT molecular complexity index is 604. The fraction of sp³-hybridized carbons (Fsp3) is 0.312. The lowest BCUT2D eigenvalue weighted by Gasteiger charge is -2.36. The zero-order valence-electron chi connectivity index (χ0n) is 11.6. The number of piperazine rings is 1. The molecule has 2 aromatic rings. The van der Waals surface area contributed by atoms with Gasteiger partial charge in [-0.15, -0.1) is 0 Å². The predicted molar refractivity (Wildman–Crippen MR) is 86.7 cm³/mol. The van der Waals surface area contributed by atoms with Crippen LogP contribution in [0.2, 0.25) is 10.0 Å². The Hall–Kier alpha value is -1.13. The van der Waals surface area contributed by atoms with Crippen LogP contribution in [0.25, 0.3) is 0 Å². The van der Waals surface area contributed by atoms with Gasteiger partial charge in [-0.3, -0.25) is 9.88 Å². The molecule has 1 aliphatic rings. The molecule has 2 heterocycles. The van der Waals surface area contributed by atoms with Crippen molar-refractivity contribution in [2.45, 2.75) is 12.6 Å². The Balaban J connectivity index is 1.79. The van der Waals surface area contributed by atoms with E-state index in [2.05, 4.69) is 27.3 Å². The number of hydrogen-bond donors (Lipinski definition) is 1. The summed E-state index contributed by atoms with van der Waals surface area (Å²) in [5, 5.41) is 4.68. The Morgan fingerprint density at radius 2 is 1.95 bits per heavy atom. The summed E-state index contributed by atoms with van der Waals surface area (Å²) < 4.78 is 0. The van der Waals surface area contributed by atoms with E-state index in [1.807, 2.05) is 30.6 Å². The second-order valence-corrected chi connectivity index (χ2v) is 6.03. The standard InChI is InChI=1S/C16H17Cl2N3/c17-14-2-1-12(9-15(14)18)11-21-8-7-20-10-16(21)13-3-5-19-6-4-13/h1-6,9,16,20H,7-8,10-11H2. The van der Waals surface area contributed by atoms with Gasteiger partial charge in [-0.1, -0.05) is 29.3 Å². The topological polar surface area (TPSA) is 28.2 Å². The maximum absolute atomic E-state index is 6.11. The SMILES string of the molecule is Clc1ccc(CN2CCNCC2c2ccncc2)cc1Cl. The molecule has 0 bridgehead atoms. The van der Waals surface area contributed by atoms with Gasteiger partial charge in [0, 0.05) is 44.6 Å². The maximum atomic E-state index is 6.11. The number of nitrogens with zero attached hydrogens (tertiary/aromatic N) is 2. The minimum atomic E-state index is 0.358. The first-order chi connectivity index (χ1) is 10.2. The quantitative estimate of drug-likeness (QED) is 0.937. The lowest BCUT2D eigenvalue weighted by Crippen LogP contribution is -2.45. The van der Waals surface area contributed by atoms with Crippen molar-refractivity contribution in [3.05, 3.63) is 63.9 Å². The molecule has 21 heavy (non-hydrogen) atoms. The monoisotopic (exact) mass is 321 g/mol. The molecule has 110 valence electrons. The van der Waals surface area contributed by atoms with E-state index in [9.17, 15) is 0 Å². The molecule has 0 amide bonds. The molecule has 1 aromatic heterocycles. The first kappa shape index (κ1) is 14.8. The van der Waals surface area contributed by atoms with Crippen LogP contribution in [0.1, 0.15) is 17.2 Å². The third-order valence-electron chi connectivity index (χ3n) is 3.81. The van der Waals surface area contributed by atoms with E-state index in [1.165, 1.54) is 11.1 Å². The van der Waals surface area contributed by atoms with Crippen LogP contribution in [-0.2, 0) is 6.54 Å². The Kier molecular flexibility index (Phi) is 4.76. The molecule has 0 radical (unpaired) electrons. The number of halogens is 2. The molecular weight excluding hydrogens is 305 g/mol. The summed E-state index contributed by atoms with van der Waals surface area (Å²) in [6, 6.07) is 10.4. The van der Waals surface area contributed by atoms with E-state index in [1.54, 1.807) is 0 Å². The van der Waals surface area contributed by atoms with Gasteiger partial charge >= 0.3 is 0 Å². The third-order valence-corrected chi connectivity index (χ3v) is 4.55. The number of benzene rings is 1. The molecule has 1 aliphatic heterocycles. The minimum absolute atomic E-state index is 0.358. The molecule has 1 N–H and O–H groups in total. The van der Waals surface area contributed by atoms with E-state index in [0.29, 0.717) is 16.1 Å². The smallest absolute Gasteiger partial charge is 0.0595 e. The van der Waals surface area contributed by atoms with Crippen molar-refractivity contribution >= 4 is 23.2 Å². The molecule has 1 aromatic carbocycles. The average Bonchev–Trinajstić information content (AvgIpc) is 2.52. The lowest BCUT2D eigenvalue weighted by atomic mass is 10.0. The van der Waals surface area contributed by atoms with Gasteiger partial charge < -0.3 is 5.32 Å². The van der Waals surface area contributed by atoms with Gasteiger partial charge in [0.25, 0.3) is 0 Å². The highest BCUT2D eigenvalue weighted by atomic mass is 35.5. The fourth-order valence-corrected chi connectivity index (χ4v) is 3.04. The van der Waals surface area contributed by atoms with Gasteiger partial charge in [0.05, 0.1) is 10.0 Å². The third kappa shape index (κ3) is 3.55. The number of nitrogens with one attached hydrogen (secondary N) is 1. The van der Waals surface area contributed by atoms with Crippen molar-refractivity contribution < 1.29 is 0 Å². The van der Waals surface area contributed by atoms with E-state index >= 15 is 0 Å². The van der Waals surface area contributed by atoms with Crippen LogP contribution in [0.15, 0.2) is 42.7 Å². The molecule has 1 saturated heterocycles. The summed E-state index contributed by atoms with van der Waals surface area (Å²) in [5.74, 6) is 0. The average molecular weight is 322 g/mol.